The van der Waals surface area contributed by atoms with Crippen molar-refractivity contribution in [2.45, 2.75) is 18.2 Å². The summed E-state index contributed by atoms with van der Waals surface area (Å²) in [6, 6.07) is 13.2. The Bertz CT molecular complexity index is 604. The minimum absolute atomic E-state index is 0.196. The van der Waals surface area contributed by atoms with E-state index in [0.717, 1.165) is 11.6 Å². The Morgan fingerprint density at radius 1 is 1.20 bits per heavy atom. The molecule has 0 bridgehead atoms. The predicted octanol–water partition coefficient (Wildman–Crippen LogP) is 4.65. The lowest BCUT2D eigenvalue weighted by molar-refractivity contribution is -0.385. The maximum Gasteiger partial charge on any atom is 0.272 e. The van der Waals surface area contributed by atoms with Crippen LogP contribution in [0.5, 0.6) is 0 Å². The van der Waals surface area contributed by atoms with E-state index in [1.165, 1.54) is 12.1 Å². The summed E-state index contributed by atoms with van der Waals surface area (Å²) >= 11 is 6.27. The molecule has 0 amide bonds. The first-order valence-electron chi connectivity index (χ1n) is 6.19. The molecule has 0 spiro atoms. The van der Waals surface area contributed by atoms with E-state index in [0.29, 0.717) is 18.4 Å². The fourth-order valence-corrected chi connectivity index (χ4v) is 2.26. The molecule has 1 atom stereocenters. The summed E-state index contributed by atoms with van der Waals surface area (Å²) in [6.07, 6.45) is 1.08. The van der Waals surface area contributed by atoms with Gasteiger partial charge in [-0.25, -0.2) is 4.39 Å². The number of nitro groups is 1. The van der Waals surface area contributed by atoms with Gasteiger partial charge in [0.25, 0.3) is 5.69 Å². The second-order valence-electron chi connectivity index (χ2n) is 4.49. The first-order valence-corrected chi connectivity index (χ1v) is 6.63. The Hall–Kier alpha value is -1.94. The first-order chi connectivity index (χ1) is 9.56. The van der Waals surface area contributed by atoms with Crippen LogP contribution in [-0.4, -0.2) is 4.92 Å². The highest BCUT2D eigenvalue weighted by atomic mass is 35.5. The van der Waals surface area contributed by atoms with Gasteiger partial charge in [0.1, 0.15) is 5.82 Å². The quantitative estimate of drug-likeness (QED) is 0.457. The van der Waals surface area contributed by atoms with Crippen LogP contribution in [0.1, 0.15) is 22.9 Å². The van der Waals surface area contributed by atoms with Gasteiger partial charge in [-0.15, -0.1) is 11.6 Å². The molecule has 0 aromatic heterocycles. The van der Waals surface area contributed by atoms with Gasteiger partial charge in [0, 0.05) is 6.07 Å². The summed E-state index contributed by atoms with van der Waals surface area (Å²) < 4.78 is 13.3. The van der Waals surface area contributed by atoms with Crippen molar-refractivity contribution in [2.24, 2.45) is 0 Å². The Labute approximate surface area is 121 Å². The number of aryl methyl sites for hydroxylation is 1. The Morgan fingerprint density at radius 2 is 1.90 bits per heavy atom. The molecule has 2 aromatic carbocycles. The number of non-ortho nitro benzene ring substituents is 1. The highest BCUT2D eigenvalue weighted by molar-refractivity contribution is 6.20. The van der Waals surface area contributed by atoms with Crippen LogP contribution < -0.4 is 0 Å². The molecular weight excluding hydrogens is 281 g/mol. The molecule has 0 radical (unpaired) electrons. The molecule has 2 aromatic rings. The van der Waals surface area contributed by atoms with Crippen molar-refractivity contribution in [3.63, 3.8) is 0 Å². The number of rotatable bonds is 5. The van der Waals surface area contributed by atoms with Crippen molar-refractivity contribution >= 4 is 17.3 Å². The summed E-state index contributed by atoms with van der Waals surface area (Å²) in [7, 11) is 0. The zero-order chi connectivity index (χ0) is 14.5. The van der Waals surface area contributed by atoms with E-state index in [4.69, 9.17) is 11.6 Å². The highest BCUT2D eigenvalue weighted by Gasteiger charge is 2.12. The third kappa shape index (κ3) is 3.78. The third-order valence-electron chi connectivity index (χ3n) is 3.00. The predicted molar refractivity (Wildman–Crippen MR) is 76.4 cm³/mol. The summed E-state index contributed by atoms with van der Waals surface area (Å²) in [5.74, 6) is -0.597. The second kappa shape index (κ2) is 6.48. The summed E-state index contributed by atoms with van der Waals surface area (Å²) in [5, 5.41) is 10.5. The summed E-state index contributed by atoms with van der Waals surface area (Å²) in [6.45, 7) is 0. The molecule has 20 heavy (non-hydrogen) atoms. The minimum atomic E-state index is -0.597. The van der Waals surface area contributed by atoms with E-state index < -0.39 is 10.7 Å². The van der Waals surface area contributed by atoms with Crippen LogP contribution in [0.25, 0.3) is 0 Å². The smallest absolute Gasteiger partial charge is 0.258 e. The molecule has 0 aliphatic carbocycles. The second-order valence-corrected chi connectivity index (χ2v) is 5.02. The van der Waals surface area contributed by atoms with Gasteiger partial charge in [-0.2, -0.15) is 0 Å². The molecule has 0 saturated heterocycles. The Morgan fingerprint density at radius 3 is 2.55 bits per heavy atom. The fraction of sp³-hybridized carbons (Fsp3) is 0.200. The lowest BCUT2D eigenvalue weighted by Gasteiger charge is -2.09. The number of alkyl halides is 1. The average Bonchev–Trinajstić information content (AvgIpc) is 2.45. The molecule has 104 valence electrons. The normalized spacial score (nSPS) is 12.1. The summed E-state index contributed by atoms with van der Waals surface area (Å²) in [4.78, 5) is 10.1. The molecule has 0 heterocycles. The van der Waals surface area contributed by atoms with Crippen LogP contribution in [0.2, 0.25) is 0 Å². The molecule has 0 fully saturated rings. The molecular formula is C15H13ClFNO2. The van der Waals surface area contributed by atoms with Crippen molar-refractivity contribution in [2.75, 3.05) is 0 Å². The molecule has 0 saturated carbocycles. The van der Waals surface area contributed by atoms with Gasteiger partial charge in [0.15, 0.2) is 0 Å². The van der Waals surface area contributed by atoms with Crippen molar-refractivity contribution in [1.82, 2.24) is 0 Å². The molecule has 2 rings (SSSR count). The number of hydrogen-bond acceptors (Lipinski definition) is 2. The maximum atomic E-state index is 13.3. The van der Waals surface area contributed by atoms with Gasteiger partial charge in [-0.1, -0.05) is 30.3 Å². The van der Waals surface area contributed by atoms with E-state index >= 15 is 0 Å². The van der Waals surface area contributed by atoms with Crippen LogP contribution in [0.15, 0.2) is 48.5 Å². The zero-order valence-corrected chi connectivity index (χ0v) is 11.4. The minimum Gasteiger partial charge on any atom is -0.258 e. The lowest BCUT2D eigenvalue weighted by atomic mass is 10.0. The van der Waals surface area contributed by atoms with E-state index in [9.17, 15) is 14.5 Å². The Balaban J connectivity index is 2.06. The van der Waals surface area contributed by atoms with Gasteiger partial charge in [-0.05, 0) is 30.0 Å². The van der Waals surface area contributed by atoms with Crippen LogP contribution in [0.3, 0.4) is 0 Å². The lowest BCUT2D eigenvalue weighted by Crippen LogP contribution is -1.96. The number of halogens is 2. The molecule has 0 N–H and O–H groups in total. The van der Waals surface area contributed by atoms with E-state index in [1.54, 1.807) is 0 Å². The molecule has 1 unspecified atom stereocenters. The van der Waals surface area contributed by atoms with Gasteiger partial charge < -0.3 is 0 Å². The third-order valence-corrected chi connectivity index (χ3v) is 3.47. The number of hydrogen-bond donors (Lipinski definition) is 0. The molecule has 0 aliphatic heterocycles. The van der Waals surface area contributed by atoms with Gasteiger partial charge >= 0.3 is 0 Å². The van der Waals surface area contributed by atoms with Crippen LogP contribution >= 0.6 is 11.6 Å². The summed E-state index contributed by atoms with van der Waals surface area (Å²) in [5.41, 5.74) is 1.34. The maximum absolute atomic E-state index is 13.3. The van der Waals surface area contributed by atoms with E-state index in [2.05, 4.69) is 0 Å². The van der Waals surface area contributed by atoms with Crippen molar-refractivity contribution in [3.8, 4) is 0 Å². The van der Waals surface area contributed by atoms with Gasteiger partial charge in [-0.3, -0.25) is 10.1 Å². The van der Waals surface area contributed by atoms with E-state index in [1.807, 2.05) is 30.3 Å². The first kappa shape index (κ1) is 14.5. The molecule has 0 aliphatic rings. The molecule has 3 nitrogen and oxygen atoms in total. The molecule has 5 heteroatoms. The van der Waals surface area contributed by atoms with Crippen LogP contribution in [0, 0.1) is 15.9 Å². The number of nitro benzene ring substituents is 1. The zero-order valence-electron chi connectivity index (χ0n) is 10.6. The van der Waals surface area contributed by atoms with Crippen LogP contribution in [0.4, 0.5) is 10.1 Å². The Kier molecular flexibility index (Phi) is 4.69. The van der Waals surface area contributed by atoms with Crippen molar-refractivity contribution in [3.05, 3.63) is 75.6 Å². The van der Waals surface area contributed by atoms with E-state index in [-0.39, 0.29) is 11.1 Å². The SMILES string of the molecule is O=[N+]([O-])c1cc(F)cc(CCC(Cl)c2ccccc2)c1. The monoisotopic (exact) mass is 293 g/mol. The van der Waals surface area contributed by atoms with Crippen LogP contribution in [-0.2, 0) is 6.42 Å². The van der Waals surface area contributed by atoms with Gasteiger partial charge in [0.05, 0.1) is 16.4 Å². The number of benzene rings is 2. The largest absolute Gasteiger partial charge is 0.272 e. The highest BCUT2D eigenvalue weighted by Crippen LogP contribution is 2.26. The topological polar surface area (TPSA) is 43.1 Å². The average molecular weight is 294 g/mol. The van der Waals surface area contributed by atoms with Gasteiger partial charge in [0.2, 0.25) is 0 Å². The van der Waals surface area contributed by atoms with Crippen molar-refractivity contribution in [1.29, 1.82) is 0 Å². The fourth-order valence-electron chi connectivity index (χ4n) is 2.00. The standard InChI is InChI=1S/C15H13ClFNO2/c16-15(12-4-2-1-3-5-12)7-6-11-8-13(17)10-14(9-11)18(19)20/h1-5,8-10,15H,6-7H2. The number of nitrogens with zero attached hydrogens (tertiary/aromatic N) is 1. The van der Waals surface area contributed by atoms with Crippen molar-refractivity contribution < 1.29 is 9.31 Å².